The average molecular weight is 285 g/mol. The first-order valence-corrected chi connectivity index (χ1v) is 6.71. The van der Waals surface area contributed by atoms with E-state index in [2.05, 4.69) is 10.7 Å². The Hall–Kier alpha value is -2.53. The first kappa shape index (κ1) is 14.9. The van der Waals surface area contributed by atoms with E-state index in [9.17, 15) is 4.79 Å². The van der Waals surface area contributed by atoms with Crippen molar-refractivity contribution in [2.75, 3.05) is 19.1 Å². The molecule has 4 N–H and O–H groups in total. The summed E-state index contributed by atoms with van der Waals surface area (Å²) in [7, 11) is 1.64. The van der Waals surface area contributed by atoms with Crippen molar-refractivity contribution < 1.29 is 9.53 Å². The van der Waals surface area contributed by atoms with E-state index >= 15 is 0 Å². The number of anilines is 1. The molecule has 0 unspecified atom stereocenters. The Balaban J connectivity index is 1.82. The number of hydrazine groups is 1. The van der Waals surface area contributed by atoms with E-state index < -0.39 is 0 Å². The summed E-state index contributed by atoms with van der Waals surface area (Å²) in [4.78, 5) is 12.0. The van der Waals surface area contributed by atoms with Crippen LogP contribution in [0.5, 0.6) is 5.75 Å². The molecule has 0 spiro atoms. The number of carbonyl (C=O) groups excluding carboxylic acids is 1. The number of carbonyl (C=O) groups is 1. The summed E-state index contributed by atoms with van der Waals surface area (Å²) < 4.78 is 5.10. The Morgan fingerprint density at radius 2 is 1.76 bits per heavy atom. The molecule has 0 fully saturated rings. The van der Waals surface area contributed by atoms with Crippen molar-refractivity contribution in [3.63, 3.8) is 0 Å². The molecule has 21 heavy (non-hydrogen) atoms. The zero-order valence-corrected chi connectivity index (χ0v) is 11.9. The summed E-state index contributed by atoms with van der Waals surface area (Å²) in [5, 5.41) is 2.89. The molecule has 0 aromatic heterocycles. The van der Waals surface area contributed by atoms with Crippen LogP contribution in [0.25, 0.3) is 0 Å². The molecule has 0 saturated carbocycles. The maximum Gasteiger partial charge on any atom is 0.251 e. The summed E-state index contributed by atoms with van der Waals surface area (Å²) >= 11 is 0. The third kappa shape index (κ3) is 4.22. The molecule has 0 heterocycles. The molecule has 2 aromatic rings. The Morgan fingerprint density at radius 1 is 1.10 bits per heavy atom. The van der Waals surface area contributed by atoms with Gasteiger partial charge in [0.2, 0.25) is 0 Å². The van der Waals surface area contributed by atoms with Gasteiger partial charge in [-0.2, -0.15) is 0 Å². The number of ether oxygens (including phenoxy) is 1. The van der Waals surface area contributed by atoms with E-state index in [1.807, 2.05) is 24.3 Å². The molecule has 5 heteroatoms. The molecule has 0 saturated heterocycles. The minimum Gasteiger partial charge on any atom is -0.497 e. The molecule has 0 atom stereocenters. The Bertz CT molecular complexity index is 579. The van der Waals surface area contributed by atoms with Crippen molar-refractivity contribution in [3.8, 4) is 5.75 Å². The lowest BCUT2D eigenvalue weighted by molar-refractivity contribution is 0.0954. The lowest BCUT2D eigenvalue weighted by Gasteiger charge is -2.07. The van der Waals surface area contributed by atoms with Gasteiger partial charge >= 0.3 is 0 Å². The van der Waals surface area contributed by atoms with Crippen LogP contribution in [0.1, 0.15) is 15.9 Å². The highest BCUT2D eigenvalue weighted by Gasteiger charge is 2.04. The second-order valence-electron chi connectivity index (χ2n) is 4.58. The molecule has 0 aliphatic carbocycles. The number of nitrogens with two attached hydrogens (primary N) is 1. The van der Waals surface area contributed by atoms with E-state index in [1.54, 1.807) is 31.4 Å². The van der Waals surface area contributed by atoms with E-state index in [-0.39, 0.29) is 5.91 Å². The third-order valence-corrected chi connectivity index (χ3v) is 3.17. The van der Waals surface area contributed by atoms with Crippen molar-refractivity contribution >= 4 is 11.6 Å². The molecule has 2 rings (SSSR count). The van der Waals surface area contributed by atoms with Crippen molar-refractivity contribution in [1.29, 1.82) is 0 Å². The fraction of sp³-hybridized carbons (Fsp3) is 0.188. The number of amides is 1. The summed E-state index contributed by atoms with van der Waals surface area (Å²) in [6.45, 7) is 0.585. The van der Waals surface area contributed by atoms with Crippen LogP contribution >= 0.6 is 0 Å². The molecule has 0 bridgehead atoms. The number of nitrogen functional groups attached to an aromatic ring is 1. The number of nitrogens with one attached hydrogen (secondary N) is 2. The van der Waals surface area contributed by atoms with Crippen LogP contribution in [0.4, 0.5) is 5.69 Å². The third-order valence-electron chi connectivity index (χ3n) is 3.17. The first-order valence-electron chi connectivity index (χ1n) is 6.71. The SMILES string of the molecule is COc1ccc(CCNC(=O)c2ccc(NN)cc2)cc1. The topological polar surface area (TPSA) is 76.4 Å². The van der Waals surface area contributed by atoms with Crippen molar-refractivity contribution in [1.82, 2.24) is 5.32 Å². The molecule has 0 aliphatic rings. The fourth-order valence-corrected chi connectivity index (χ4v) is 1.93. The number of methoxy groups -OCH3 is 1. The molecular formula is C16H19N3O2. The van der Waals surface area contributed by atoms with Crippen molar-refractivity contribution in [3.05, 3.63) is 59.7 Å². The van der Waals surface area contributed by atoms with E-state index in [1.165, 1.54) is 0 Å². The van der Waals surface area contributed by atoms with Crippen LogP contribution < -0.4 is 21.3 Å². The maximum absolute atomic E-state index is 12.0. The highest BCUT2D eigenvalue weighted by molar-refractivity contribution is 5.94. The van der Waals surface area contributed by atoms with Crippen LogP contribution in [0, 0.1) is 0 Å². The highest BCUT2D eigenvalue weighted by atomic mass is 16.5. The second kappa shape index (κ2) is 7.31. The summed E-state index contributed by atoms with van der Waals surface area (Å²) in [5.74, 6) is 6.02. The molecule has 5 nitrogen and oxygen atoms in total. The van der Waals surface area contributed by atoms with Gasteiger partial charge in [-0.3, -0.25) is 10.6 Å². The van der Waals surface area contributed by atoms with E-state index in [0.717, 1.165) is 23.4 Å². The number of hydrogen-bond donors (Lipinski definition) is 3. The maximum atomic E-state index is 12.0. The zero-order valence-electron chi connectivity index (χ0n) is 11.9. The van der Waals surface area contributed by atoms with Crippen molar-refractivity contribution in [2.45, 2.75) is 6.42 Å². The van der Waals surface area contributed by atoms with Crippen LogP contribution in [0.2, 0.25) is 0 Å². The smallest absolute Gasteiger partial charge is 0.251 e. The Morgan fingerprint density at radius 3 is 2.33 bits per heavy atom. The minimum absolute atomic E-state index is 0.0907. The van der Waals surface area contributed by atoms with Gasteiger partial charge in [0.15, 0.2) is 0 Å². The molecular weight excluding hydrogens is 266 g/mol. The molecule has 110 valence electrons. The predicted molar refractivity (Wildman–Crippen MR) is 83.3 cm³/mol. The van der Waals surface area contributed by atoms with Gasteiger partial charge in [0, 0.05) is 17.8 Å². The van der Waals surface area contributed by atoms with Gasteiger partial charge in [0.05, 0.1) is 7.11 Å². The monoisotopic (exact) mass is 285 g/mol. The van der Waals surface area contributed by atoms with Crippen LogP contribution in [-0.2, 0) is 6.42 Å². The molecule has 2 aromatic carbocycles. The highest BCUT2D eigenvalue weighted by Crippen LogP contribution is 2.11. The standard InChI is InChI=1S/C16H19N3O2/c1-21-15-8-2-12(3-9-15)10-11-18-16(20)13-4-6-14(19-17)7-5-13/h2-9,19H,10-11,17H2,1H3,(H,18,20). The number of hydrogen-bond acceptors (Lipinski definition) is 4. The average Bonchev–Trinajstić information content (AvgIpc) is 2.55. The van der Waals surface area contributed by atoms with E-state index in [4.69, 9.17) is 10.6 Å². The Labute approximate surface area is 124 Å². The van der Waals surface area contributed by atoms with Crippen LogP contribution in [-0.4, -0.2) is 19.6 Å². The Kier molecular flexibility index (Phi) is 5.17. The fourth-order valence-electron chi connectivity index (χ4n) is 1.93. The van der Waals surface area contributed by atoms with Crippen molar-refractivity contribution in [2.24, 2.45) is 5.84 Å². The first-order chi connectivity index (χ1) is 10.2. The lowest BCUT2D eigenvalue weighted by atomic mass is 10.1. The molecule has 0 radical (unpaired) electrons. The van der Waals surface area contributed by atoms with Gasteiger partial charge in [-0.25, -0.2) is 0 Å². The van der Waals surface area contributed by atoms with Crippen LogP contribution in [0.15, 0.2) is 48.5 Å². The van der Waals surface area contributed by atoms with Crippen LogP contribution in [0.3, 0.4) is 0 Å². The normalized spacial score (nSPS) is 10.0. The van der Waals surface area contributed by atoms with Gasteiger partial charge in [-0.05, 0) is 48.4 Å². The van der Waals surface area contributed by atoms with Gasteiger partial charge in [-0.15, -0.1) is 0 Å². The minimum atomic E-state index is -0.0907. The quantitative estimate of drug-likeness (QED) is 0.560. The van der Waals surface area contributed by atoms with Gasteiger partial charge in [-0.1, -0.05) is 12.1 Å². The number of rotatable bonds is 6. The largest absolute Gasteiger partial charge is 0.497 e. The second-order valence-corrected chi connectivity index (χ2v) is 4.58. The summed E-state index contributed by atoms with van der Waals surface area (Å²) in [6.07, 6.45) is 0.776. The van der Waals surface area contributed by atoms with Gasteiger partial charge < -0.3 is 15.5 Å². The number of benzene rings is 2. The predicted octanol–water partition coefficient (Wildman–Crippen LogP) is 1.95. The van der Waals surface area contributed by atoms with Gasteiger partial charge in [0.25, 0.3) is 5.91 Å². The van der Waals surface area contributed by atoms with Gasteiger partial charge in [0.1, 0.15) is 5.75 Å². The molecule has 0 aliphatic heterocycles. The zero-order chi connectivity index (χ0) is 15.1. The van der Waals surface area contributed by atoms with E-state index in [0.29, 0.717) is 12.1 Å². The summed E-state index contributed by atoms with van der Waals surface area (Å²) in [5.41, 5.74) is 5.06. The summed E-state index contributed by atoms with van der Waals surface area (Å²) in [6, 6.07) is 14.8. The lowest BCUT2D eigenvalue weighted by Crippen LogP contribution is -2.25. The molecule has 1 amide bonds.